The summed E-state index contributed by atoms with van der Waals surface area (Å²) in [5.74, 6) is 0.859. The van der Waals surface area contributed by atoms with Crippen LogP contribution in [0.1, 0.15) is 37.3 Å². The average Bonchev–Trinajstić information content (AvgIpc) is 3.26. The standard InChI is InChI=1S/C18H23F3N2O/c1-12-9-16(12)17(24)22-15-5-7-23(8-6-15)11-13-3-2-4-14(10-13)18(19,20)21/h2-4,10,12,15-16H,5-9,11H2,1H3,(H,22,24)/t12-,16+/m1/s1. The van der Waals surface area contributed by atoms with Crippen LogP contribution in [-0.2, 0) is 17.5 Å². The zero-order valence-electron chi connectivity index (χ0n) is 13.8. The second kappa shape index (κ2) is 6.75. The van der Waals surface area contributed by atoms with Crippen LogP contribution in [0, 0.1) is 11.8 Å². The number of hydrogen-bond acceptors (Lipinski definition) is 2. The van der Waals surface area contributed by atoms with E-state index in [1.54, 1.807) is 6.07 Å². The third-order valence-electron chi connectivity index (χ3n) is 5.04. The topological polar surface area (TPSA) is 32.3 Å². The van der Waals surface area contributed by atoms with Crippen LogP contribution in [0.4, 0.5) is 13.2 Å². The van der Waals surface area contributed by atoms with Crippen molar-refractivity contribution in [2.45, 2.75) is 44.9 Å². The second-order valence-corrected chi connectivity index (χ2v) is 7.08. The molecule has 1 aromatic carbocycles. The molecule has 1 aliphatic carbocycles. The van der Waals surface area contributed by atoms with Gasteiger partial charge in [0.2, 0.25) is 5.91 Å². The first-order valence-corrected chi connectivity index (χ1v) is 8.52. The lowest BCUT2D eigenvalue weighted by atomic mass is 10.0. The summed E-state index contributed by atoms with van der Waals surface area (Å²) in [5.41, 5.74) is 0.0832. The lowest BCUT2D eigenvalue weighted by Crippen LogP contribution is -2.44. The summed E-state index contributed by atoms with van der Waals surface area (Å²) in [6.45, 7) is 4.19. The predicted molar refractivity (Wildman–Crippen MR) is 85.2 cm³/mol. The number of piperidine rings is 1. The summed E-state index contributed by atoms with van der Waals surface area (Å²) >= 11 is 0. The van der Waals surface area contributed by atoms with E-state index in [1.807, 2.05) is 0 Å². The molecule has 0 aromatic heterocycles. The molecule has 1 aliphatic heterocycles. The Morgan fingerprint density at radius 1 is 1.29 bits per heavy atom. The van der Waals surface area contributed by atoms with Crippen molar-refractivity contribution < 1.29 is 18.0 Å². The monoisotopic (exact) mass is 340 g/mol. The van der Waals surface area contributed by atoms with Gasteiger partial charge < -0.3 is 5.32 Å². The van der Waals surface area contributed by atoms with Gasteiger partial charge in [0.05, 0.1) is 5.56 Å². The molecule has 0 radical (unpaired) electrons. The smallest absolute Gasteiger partial charge is 0.353 e. The molecule has 3 rings (SSSR count). The first kappa shape index (κ1) is 17.3. The van der Waals surface area contributed by atoms with Gasteiger partial charge in [-0.15, -0.1) is 0 Å². The fourth-order valence-electron chi connectivity index (χ4n) is 3.34. The van der Waals surface area contributed by atoms with Crippen LogP contribution in [0.5, 0.6) is 0 Å². The molecule has 132 valence electrons. The lowest BCUT2D eigenvalue weighted by molar-refractivity contribution is -0.137. The van der Waals surface area contributed by atoms with Crippen LogP contribution in [0.25, 0.3) is 0 Å². The molecule has 0 spiro atoms. The van der Waals surface area contributed by atoms with E-state index in [0.29, 0.717) is 18.0 Å². The third kappa shape index (κ3) is 4.29. The van der Waals surface area contributed by atoms with Crippen molar-refractivity contribution in [2.75, 3.05) is 13.1 Å². The van der Waals surface area contributed by atoms with Gasteiger partial charge in [-0.3, -0.25) is 9.69 Å². The van der Waals surface area contributed by atoms with Gasteiger partial charge in [-0.1, -0.05) is 25.1 Å². The van der Waals surface area contributed by atoms with E-state index < -0.39 is 11.7 Å². The molecule has 3 nitrogen and oxygen atoms in total. The Hall–Kier alpha value is -1.56. The highest BCUT2D eigenvalue weighted by Crippen LogP contribution is 2.38. The third-order valence-corrected chi connectivity index (χ3v) is 5.04. The van der Waals surface area contributed by atoms with Gasteiger partial charge in [0, 0.05) is 31.6 Å². The van der Waals surface area contributed by atoms with Crippen LogP contribution in [-0.4, -0.2) is 29.9 Å². The normalized spacial score (nSPS) is 25.5. The lowest BCUT2D eigenvalue weighted by Gasteiger charge is -2.32. The van der Waals surface area contributed by atoms with Gasteiger partial charge in [0.25, 0.3) is 0 Å². The number of benzene rings is 1. The SMILES string of the molecule is C[C@@H]1C[C@@H]1C(=O)NC1CCN(Cc2cccc(C(F)(F)F)c2)CC1. The van der Waals surface area contributed by atoms with Gasteiger partial charge in [0.15, 0.2) is 0 Å². The van der Waals surface area contributed by atoms with Gasteiger partial charge in [-0.2, -0.15) is 13.2 Å². The number of halogens is 3. The minimum absolute atomic E-state index is 0.166. The first-order chi connectivity index (χ1) is 11.3. The Bertz CT molecular complexity index is 594. The minimum Gasteiger partial charge on any atom is -0.353 e. The molecule has 1 aromatic rings. The first-order valence-electron chi connectivity index (χ1n) is 8.52. The Kier molecular flexibility index (Phi) is 4.85. The summed E-state index contributed by atoms with van der Waals surface area (Å²) in [4.78, 5) is 14.1. The molecule has 1 saturated carbocycles. The minimum atomic E-state index is -4.30. The van der Waals surface area contributed by atoms with E-state index in [2.05, 4.69) is 17.1 Å². The second-order valence-electron chi connectivity index (χ2n) is 7.08. The molecule has 1 saturated heterocycles. The number of nitrogens with zero attached hydrogens (tertiary/aromatic N) is 1. The Labute approximate surface area is 140 Å². The molecular weight excluding hydrogens is 317 g/mol. The summed E-state index contributed by atoms with van der Waals surface area (Å²) in [6, 6.07) is 5.72. The zero-order valence-corrected chi connectivity index (χ0v) is 13.8. The number of rotatable bonds is 4. The number of carbonyl (C=O) groups excluding carboxylic acids is 1. The average molecular weight is 340 g/mol. The fraction of sp³-hybridized carbons (Fsp3) is 0.611. The maximum Gasteiger partial charge on any atom is 0.416 e. The van der Waals surface area contributed by atoms with E-state index >= 15 is 0 Å². The molecule has 24 heavy (non-hydrogen) atoms. The molecule has 2 atom stereocenters. The number of likely N-dealkylation sites (tertiary alicyclic amines) is 1. The predicted octanol–water partition coefficient (Wildman–Crippen LogP) is 3.44. The van der Waals surface area contributed by atoms with Crippen molar-refractivity contribution in [1.29, 1.82) is 0 Å². The Balaban J connectivity index is 1.48. The summed E-state index contributed by atoms with van der Waals surface area (Å²) < 4.78 is 38.3. The molecule has 0 unspecified atom stereocenters. The van der Waals surface area contributed by atoms with Crippen molar-refractivity contribution in [3.05, 3.63) is 35.4 Å². The largest absolute Gasteiger partial charge is 0.416 e. The molecule has 1 N–H and O–H groups in total. The molecule has 1 amide bonds. The van der Waals surface area contributed by atoms with Crippen LogP contribution in [0.15, 0.2) is 24.3 Å². The van der Waals surface area contributed by atoms with E-state index in [1.165, 1.54) is 12.1 Å². The van der Waals surface area contributed by atoms with E-state index in [9.17, 15) is 18.0 Å². The van der Waals surface area contributed by atoms with Crippen LogP contribution >= 0.6 is 0 Å². The summed E-state index contributed by atoms with van der Waals surface area (Å²) in [7, 11) is 0. The number of carbonyl (C=O) groups is 1. The molecular formula is C18H23F3N2O. The highest BCUT2D eigenvalue weighted by atomic mass is 19.4. The maximum atomic E-state index is 12.8. The quantitative estimate of drug-likeness (QED) is 0.911. The van der Waals surface area contributed by atoms with E-state index in [0.717, 1.165) is 38.4 Å². The van der Waals surface area contributed by atoms with Crippen LogP contribution < -0.4 is 5.32 Å². The molecule has 2 fully saturated rings. The van der Waals surface area contributed by atoms with Crippen molar-refractivity contribution in [3.63, 3.8) is 0 Å². The Morgan fingerprint density at radius 2 is 1.96 bits per heavy atom. The molecule has 1 heterocycles. The van der Waals surface area contributed by atoms with Gasteiger partial charge >= 0.3 is 6.18 Å². The van der Waals surface area contributed by atoms with Crippen molar-refractivity contribution in [1.82, 2.24) is 10.2 Å². The summed E-state index contributed by atoms with van der Waals surface area (Å²) in [6.07, 6.45) is -1.61. The van der Waals surface area contributed by atoms with Crippen molar-refractivity contribution in [3.8, 4) is 0 Å². The van der Waals surface area contributed by atoms with Gasteiger partial charge in [-0.25, -0.2) is 0 Å². The van der Waals surface area contributed by atoms with Crippen LogP contribution in [0.2, 0.25) is 0 Å². The molecule has 2 aliphatic rings. The van der Waals surface area contributed by atoms with Crippen LogP contribution in [0.3, 0.4) is 0 Å². The summed E-state index contributed by atoms with van der Waals surface area (Å²) in [5, 5.41) is 3.11. The molecule has 6 heteroatoms. The highest BCUT2D eigenvalue weighted by molar-refractivity contribution is 5.81. The van der Waals surface area contributed by atoms with Crippen molar-refractivity contribution in [2.24, 2.45) is 11.8 Å². The molecule has 0 bridgehead atoms. The van der Waals surface area contributed by atoms with Gasteiger partial charge in [0.1, 0.15) is 0 Å². The van der Waals surface area contributed by atoms with E-state index in [4.69, 9.17) is 0 Å². The van der Waals surface area contributed by atoms with Gasteiger partial charge in [-0.05, 0) is 36.8 Å². The van der Waals surface area contributed by atoms with E-state index in [-0.39, 0.29) is 17.9 Å². The number of hydrogen-bond donors (Lipinski definition) is 1. The number of nitrogens with one attached hydrogen (secondary N) is 1. The van der Waals surface area contributed by atoms with Crippen molar-refractivity contribution >= 4 is 5.91 Å². The Morgan fingerprint density at radius 3 is 2.54 bits per heavy atom. The highest BCUT2D eigenvalue weighted by Gasteiger charge is 2.39. The number of amides is 1. The zero-order chi connectivity index (χ0) is 17.3. The fourth-order valence-corrected chi connectivity index (χ4v) is 3.34. The maximum absolute atomic E-state index is 12.8. The number of alkyl halides is 3.